The van der Waals surface area contributed by atoms with Gasteiger partial charge in [0, 0.05) is 6.04 Å². The number of rotatable bonds is 0. The second kappa shape index (κ2) is 2.30. The highest BCUT2D eigenvalue weighted by Gasteiger charge is 2.23. The first kappa shape index (κ1) is 5.72. The lowest BCUT2D eigenvalue weighted by molar-refractivity contribution is 0.342. The molecular formula is C8H15N. The third-order valence-electron chi connectivity index (χ3n) is 2.78. The van der Waals surface area contributed by atoms with Crippen molar-refractivity contribution in [2.75, 3.05) is 6.54 Å². The summed E-state index contributed by atoms with van der Waals surface area (Å²) in [7, 11) is 0. The lowest BCUT2D eigenvalue weighted by Crippen LogP contribution is -2.35. The van der Waals surface area contributed by atoms with E-state index < -0.39 is 0 Å². The maximum Gasteiger partial charge on any atom is 0.00672 e. The summed E-state index contributed by atoms with van der Waals surface area (Å²) >= 11 is 0. The highest BCUT2D eigenvalue weighted by atomic mass is 14.9. The zero-order valence-corrected chi connectivity index (χ0v) is 5.90. The average Bonchev–Trinajstić information content (AvgIpc) is 2.21. The maximum atomic E-state index is 3.58. The van der Waals surface area contributed by atoms with Crippen LogP contribution >= 0.6 is 0 Å². The summed E-state index contributed by atoms with van der Waals surface area (Å²) in [6.07, 6.45) is 7.35. The van der Waals surface area contributed by atoms with Crippen LogP contribution in [0.1, 0.15) is 32.1 Å². The van der Waals surface area contributed by atoms with Crippen molar-refractivity contribution in [1.82, 2.24) is 5.32 Å². The third kappa shape index (κ3) is 1.11. The Balaban J connectivity index is 2.03. The van der Waals surface area contributed by atoms with Gasteiger partial charge in [0.25, 0.3) is 0 Å². The van der Waals surface area contributed by atoms with Gasteiger partial charge in [0.05, 0.1) is 0 Å². The smallest absolute Gasteiger partial charge is 0.00672 e. The van der Waals surface area contributed by atoms with Crippen molar-refractivity contribution in [3.63, 3.8) is 0 Å². The fourth-order valence-corrected chi connectivity index (χ4v) is 2.12. The Bertz CT molecular complexity index is 75.2. The Hall–Kier alpha value is -0.0400. The first-order chi connectivity index (χ1) is 4.45. The topological polar surface area (TPSA) is 12.0 Å². The predicted octanol–water partition coefficient (Wildman–Crippen LogP) is 1.54. The largest absolute Gasteiger partial charge is 0.314 e. The summed E-state index contributed by atoms with van der Waals surface area (Å²) in [5.41, 5.74) is 0. The molecule has 0 spiro atoms. The molecule has 0 aromatic rings. The molecule has 0 amide bonds. The van der Waals surface area contributed by atoms with E-state index in [9.17, 15) is 0 Å². The molecule has 0 aromatic carbocycles. The standard InChI is InChI=1S/C8H15N/c1-2-7-4-5-8(3-1)9-6-7/h7-9H,1-6H2/t7?,8-/m0/s1. The molecule has 1 saturated carbocycles. The van der Waals surface area contributed by atoms with Gasteiger partial charge in [-0.1, -0.05) is 6.42 Å². The third-order valence-corrected chi connectivity index (χ3v) is 2.78. The van der Waals surface area contributed by atoms with Gasteiger partial charge in [0.1, 0.15) is 0 Å². The molecule has 3 fully saturated rings. The predicted molar refractivity (Wildman–Crippen MR) is 38.4 cm³/mol. The number of fused-ring (bicyclic) bond motifs is 4. The van der Waals surface area contributed by atoms with E-state index in [1.807, 2.05) is 0 Å². The van der Waals surface area contributed by atoms with E-state index in [0.717, 1.165) is 12.0 Å². The lowest BCUT2D eigenvalue weighted by Gasteiger charge is -2.24. The van der Waals surface area contributed by atoms with Crippen LogP contribution in [0.3, 0.4) is 0 Å². The van der Waals surface area contributed by atoms with Gasteiger partial charge in [0.2, 0.25) is 0 Å². The molecule has 2 bridgehead atoms. The molecule has 2 heterocycles. The van der Waals surface area contributed by atoms with E-state index in [4.69, 9.17) is 0 Å². The molecule has 1 nitrogen and oxygen atoms in total. The first-order valence-corrected chi connectivity index (χ1v) is 4.18. The second-order valence-electron chi connectivity index (χ2n) is 3.48. The van der Waals surface area contributed by atoms with E-state index in [-0.39, 0.29) is 0 Å². The molecule has 2 aliphatic heterocycles. The van der Waals surface area contributed by atoms with E-state index in [1.54, 1.807) is 0 Å². The number of hydrogen-bond donors (Lipinski definition) is 1. The molecule has 9 heavy (non-hydrogen) atoms. The van der Waals surface area contributed by atoms with Gasteiger partial charge < -0.3 is 5.32 Å². The number of nitrogens with one attached hydrogen (secondary N) is 1. The molecule has 0 radical (unpaired) electrons. The minimum Gasteiger partial charge on any atom is -0.314 e. The zero-order chi connectivity index (χ0) is 6.10. The summed E-state index contributed by atoms with van der Waals surface area (Å²) in [5.74, 6) is 1.03. The fraction of sp³-hybridized carbons (Fsp3) is 1.00. The quantitative estimate of drug-likeness (QED) is 0.518. The Morgan fingerprint density at radius 2 is 2.00 bits per heavy atom. The van der Waals surface area contributed by atoms with Crippen LogP contribution in [0.5, 0.6) is 0 Å². The van der Waals surface area contributed by atoms with Crippen LogP contribution in [0.2, 0.25) is 0 Å². The van der Waals surface area contributed by atoms with E-state index in [1.165, 1.54) is 38.6 Å². The average molecular weight is 125 g/mol. The van der Waals surface area contributed by atoms with Crippen molar-refractivity contribution in [3.8, 4) is 0 Å². The van der Waals surface area contributed by atoms with E-state index in [2.05, 4.69) is 5.32 Å². The van der Waals surface area contributed by atoms with Gasteiger partial charge >= 0.3 is 0 Å². The van der Waals surface area contributed by atoms with Crippen LogP contribution in [-0.4, -0.2) is 12.6 Å². The van der Waals surface area contributed by atoms with Crippen LogP contribution in [0, 0.1) is 5.92 Å². The fourth-order valence-electron chi connectivity index (χ4n) is 2.12. The van der Waals surface area contributed by atoms with Crippen LogP contribution in [0.4, 0.5) is 0 Å². The minimum atomic E-state index is 0.892. The molecule has 1 N–H and O–H groups in total. The summed E-state index contributed by atoms with van der Waals surface area (Å²) in [6.45, 7) is 1.31. The van der Waals surface area contributed by atoms with Crippen LogP contribution in [-0.2, 0) is 0 Å². The summed E-state index contributed by atoms with van der Waals surface area (Å²) in [5, 5.41) is 3.58. The molecule has 3 rings (SSSR count). The Kier molecular flexibility index (Phi) is 1.46. The van der Waals surface area contributed by atoms with Gasteiger partial charge in [-0.25, -0.2) is 0 Å². The first-order valence-electron chi connectivity index (χ1n) is 4.18. The lowest BCUT2D eigenvalue weighted by atomic mass is 9.97. The molecule has 1 heteroatoms. The zero-order valence-electron chi connectivity index (χ0n) is 5.90. The van der Waals surface area contributed by atoms with Crippen LogP contribution in [0.25, 0.3) is 0 Å². The highest BCUT2D eigenvalue weighted by Crippen LogP contribution is 2.26. The van der Waals surface area contributed by atoms with Gasteiger partial charge in [-0.05, 0) is 38.1 Å². The van der Waals surface area contributed by atoms with Crippen molar-refractivity contribution >= 4 is 0 Å². The Morgan fingerprint density at radius 3 is 2.78 bits per heavy atom. The molecule has 0 aromatic heterocycles. The molecule has 1 unspecified atom stereocenters. The van der Waals surface area contributed by atoms with Crippen molar-refractivity contribution in [3.05, 3.63) is 0 Å². The van der Waals surface area contributed by atoms with E-state index >= 15 is 0 Å². The highest BCUT2D eigenvalue weighted by molar-refractivity contribution is 4.81. The van der Waals surface area contributed by atoms with Crippen molar-refractivity contribution in [2.24, 2.45) is 5.92 Å². The van der Waals surface area contributed by atoms with Gasteiger partial charge in [-0.15, -0.1) is 0 Å². The Labute approximate surface area is 56.8 Å². The van der Waals surface area contributed by atoms with Gasteiger partial charge in [0.15, 0.2) is 0 Å². The molecule has 2 atom stereocenters. The van der Waals surface area contributed by atoms with E-state index in [0.29, 0.717) is 0 Å². The number of piperidine rings is 1. The number of hydrogen-bond acceptors (Lipinski definition) is 1. The van der Waals surface area contributed by atoms with Crippen molar-refractivity contribution in [2.45, 2.75) is 38.1 Å². The normalized spacial score (nSPS) is 42.7. The van der Waals surface area contributed by atoms with Crippen molar-refractivity contribution in [1.29, 1.82) is 0 Å². The molecule has 52 valence electrons. The van der Waals surface area contributed by atoms with Gasteiger partial charge in [-0.2, -0.15) is 0 Å². The summed E-state index contributed by atoms with van der Waals surface area (Å²) in [4.78, 5) is 0. The van der Waals surface area contributed by atoms with Crippen LogP contribution < -0.4 is 5.32 Å². The SMILES string of the molecule is C1CC2CC[C@H](C1)NC2. The summed E-state index contributed by atoms with van der Waals surface area (Å²) < 4.78 is 0. The molecule has 1 aliphatic carbocycles. The minimum absolute atomic E-state index is 0.892. The van der Waals surface area contributed by atoms with Crippen LogP contribution in [0.15, 0.2) is 0 Å². The molecular weight excluding hydrogens is 110 g/mol. The maximum absolute atomic E-state index is 3.58. The van der Waals surface area contributed by atoms with Crippen molar-refractivity contribution < 1.29 is 0 Å². The van der Waals surface area contributed by atoms with Gasteiger partial charge in [-0.3, -0.25) is 0 Å². The molecule has 2 saturated heterocycles. The summed E-state index contributed by atoms with van der Waals surface area (Å²) in [6, 6.07) is 0.892. The second-order valence-corrected chi connectivity index (χ2v) is 3.48. The Morgan fingerprint density at radius 1 is 1.00 bits per heavy atom. The molecule has 3 aliphatic rings. The monoisotopic (exact) mass is 125 g/mol.